The molecular weight excluding hydrogens is 436 g/mol. The van der Waals surface area contributed by atoms with Gasteiger partial charge in [-0.05, 0) is 60.7 Å². The Kier molecular flexibility index (Phi) is 7.43. The van der Waals surface area contributed by atoms with Crippen LogP contribution in [0.15, 0.2) is 72.8 Å². The minimum absolute atomic E-state index is 0.366. The van der Waals surface area contributed by atoms with Crippen LogP contribution >= 0.6 is 0 Å². The van der Waals surface area contributed by atoms with Gasteiger partial charge in [-0.2, -0.15) is 0 Å². The predicted octanol–water partition coefficient (Wildman–Crippen LogP) is 5.07. The molecule has 3 aromatic carbocycles. The summed E-state index contributed by atoms with van der Waals surface area (Å²) in [6, 6.07) is 20.2. The van der Waals surface area contributed by atoms with Crippen molar-refractivity contribution in [1.29, 1.82) is 0 Å². The van der Waals surface area contributed by atoms with Gasteiger partial charge in [0.25, 0.3) is 0 Å². The molecule has 0 atom stereocenters. The summed E-state index contributed by atoms with van der Waals surface area (Å²) in [7, 11) is 0. The fourth-order valence-corrected chi connectivity index (χ4v) is 3.37. The van der Waals surface area contributed by atoms with Crippen molar-refractivity contribution in [2.75, 3.05) is 9.80 Å². The molecule has 0 aromatic heterocycles. The first-order valence-corrected chi connectivity index (χ1v) is 10.4. The SMILES string of the molecule is CC(=O)N(C(C)=O)c1ccc(Oc2cccc(Oc3ccc(N(C(C)=O)C(C)=O)cc3)c2)cc1. The molecular formula is C26H24N2O6. The van der Waals surface area contributed by atoms with E-state index >= 15 is 0 Å². The van der Waals surface area contributed by atoms with Crippen LogP contribution < -0.4 is 19.3 Å². The molecule has 0 N–H and O–H groups in total. The lowest BCUT2D eigenvalue weighted by Gasteiger charge is -2.17. The van der Waals surface area contributed by atoms with Crippen molar-refractivity contribution in [3.8, 4) is 23.0 Å². The lowest BCUT2D eigenvalue weighted by Crippen LogP contribution is -2.32. The molecule has 0 heterocycles. The lowest BCUT2D eigenvalue weighted by molar-refractivity contribution is -0.125. The number of hydrogen-bond acceptors (Lipinski definition) is 6. The van der Waals surface area contributed by atoms with Crippen molar-refractivity contribution in [3.05, 3.63) is 72.8 Å². The smallest absolute Gasteiger partial charge is 0.230 e. The molecule has 3 rings (SSSR count). The highest BCUT2D eigenvalue weighted by molar-refractivity contribution is 6.13. The van der Waals surface area contributed by atoms with Crippen LogP contribution in [0.25, 0.3) is 0 Å². The molecule has 0 aliphatic rings. The Morgan fingerprint density at radius 3 is 1.12 bits per heavy atom. The standard InChI is InChI=1S/C26H24N2O6/c1-17(29)27(18(2)30)21-8-12-23(13-9-21)33-25-6-5-7-26(16-25)34-24-14-10-22(11-15-24)28(19(3)31)20(4)32/h5-16H,1-4H3. The number of carbonyl (C=O) groups is 4. The molecule has 0 saturated carbocycles. The van der Waals surface area contributed by atoms with Crippen molar-refractivity contribution in [3.63, 3.8) is 0 Å². The molecule has 0 fully saturated rings. The van der Waals surface area contributed by atoms with E-state index in [1.807, 2.05) is 0 Å². The topological polar surface area (TPSA) is 93.2 Å². The fourth-order valence-electron chi connectivity index (χ4n) is 3.37. The van der Waals surface area contributed by atoms with Gasteiger partial charge in [0, 0.05) is 33.8 Å². The van der Waals surface area contributed by atoms with Crippen LogP contribution in [-0.2, 0) is 19.2 Å². The highest BCUT2D eigenvalue weighted by Crippen LogP contribution is 2.30. The van der Waals surface area contributed by atoms with Crippen molar-refractivity contribution < 1.29 is 28.7 Å². The van der Waals surface area contributed by atoms with E-state index in [-0.39, 0.29) is 23.6 Å². The van der Waals surface area contributed by atoms with E-state index < -0.39 is 0 Å². The number of ether oxygens (including phenoxy) is 2. The monoisotopic (exact) mass is 460 g/mol. The Morgan fingerprint density at radius 1 is 0.500 bits per heavy atom. The normalized spacial score (nSPS) is 10.2. The van der Waals surface area contributed by atoms with E-state index in [0.717, 1.165) is 9.80 Å². The van der Waals surface area contributed by atoms with Crippen LogP contribution in [0.3, 0.4) is 0 Å². The van der Waals surface area contributed by atoms with Gasteiger partial charge in [-0.15, -0.1) is 0 Å². The molecule has 0 saturated heterocycles. The molecule has 3 aromatic rings. The van der Waals surface area contributed by atoms with E-state index in [2.05, 4.69) is 0 Å². The van der Waals surface area contributed by atoms with Crippen LogP contribution in [0, 0.1) is 0 Å². The van der Waals surface area contributed by atoms with Gasteiger partial charge in [0.2, 0.25) is 23.6 Å². The average Bonchev–Trinajstić information content (AvgIpc) is 2.76. The first kappa shape index (κ1) is 24.2. The minimum Gasteiger partial charge on any atom is -0.457 e. The lowest BCUT2D eigenvalue weighted by atomic mass is 10.2. The molecule has 4 amide bonds. The number of nitrogens with zero attached hydrogens (tertiary/aromatic N) is 2. The number of amides is 4. The Morgan fingerprint density at radius 2 is 0.824 bits per heavy atom. The molecule has 0 unspecified atom stereocenters. The second-order valence-corrected chi connectivity index (χ2v) is 7.41. The Balaban J connectivity index is 1.71. The van der Waals surface area contributed by atoms with Gasteiger partial charge in [-0.25, -0.2) is 0 Å². The fraction of sp³-hybridized carbons (Fsp3) is 0.154. The highest BCUT2D eigenvalue weighted by Gasteiger charge is 2.17. The second kappa shape index (κ2) is 10.4. The van der Waals surface area contributed by atoms with Crippen LogP contribution in [0.1, 0.15) is 27.7 Å². The molecule has 0 radical (unpaired) electrons. The van der Waals surface area contributed by atoms with E-state index in [1.54, 1.807) is 72.8 Å². The summed E-state index contributed by atoms with van der Waals surface area (Å²) in [4.78, 5) is 48.9. The van der Waals surface area contributed by atoms with Gasteiger partial charge in [-0.1, -0.05) is 6.07 Å². The summed E-state index contributed by atoms with van der Waals surface area (Å²) in [5, 5.41) is 0. The molecule has 0 bridgehead atoms. The zero-order chi connectivity index (χ0) is 24.8. The average molecular weight is 460 g/mol. The van der Waals surface area contributed by atoms with Crippen LogP contribution in [0.4, 0.5) is 11.4 Å². The van der Waals surface area contributed by atoms with E-state index in [9.17, 15) is 19.2 Å². The first-order valence-electron chi connectivity index (χ1n) is 10.4. The third kappa shape index (κ3) is 5.86. The third-order valence-electron chi connectivity index (χ3n) is 4.73. The number of imide groups is 2. The first-order chi connectivity index (χ1) is 16.2. The summed E-state index contributed by atoms with van der Waals surface area (Å²) < 4.78 is 11.7. The number of rotatable bonds is 6. The zero-order valence-corrected chi connectivity index (χ0v) is 19.3. The summed E-state index contributed by atoms with van der Waals surface area (Å²) >= 11 is 0. The molecule has 0 spiro atoms. The van der Waals surface area contributed by atoms with Crippen molar-refractivity contribution in [1.82, 2.24) is 0 Å². The van der Waals surface area contributed by atoms with Gasteiger partial charge in [0.1, 0.15) is 23.0 Å². The largest absolute Gasteiger partial charge is 0.457 e. The maximum Gasteiger partial charge on any atom is 0.230 e. The van der Waals surface area contributed by atoms with Gasteiger partial charge in [0.15, 0.2) is 0 Å². The number of carbonyl (C=O) groups excluding carboxylic acids is 4. The molecule has 0 aliphatic carbocycles. The van der Waals surface area contributed by atoms with Crippen LogP contribution in [0.5, 0.6) is 23.0 Å². The van der Waals surface area contributed by atoms with Crippen LogP contribution in [-0.4, -0.2) is 23.6 Å². The van der Waals surface area contributed by atoms with E-state index in [4.69, 9.17) is 9.47 Å². The van der Waals surface area contributed by atoms with Crippen LogP contribution in [0.2, 0.25) is 0 Å². The summed E-state index contributed by atoms with van der Waals surface area (Å²) in [5.41, 5.74) is 0.919. The molecule has 0 aliphatic heterocycles. The molecule has 34 heavy (non-hydrogen) atoms. The number of anilines is 2. The molecule has 8 heteroatoms. The second-order valence-electron chi connectivity index (χ2n) is 7.41. The number of benzene rings is 3. The van der Waals surface area contributed by atoms with E-state index in [0.29, 0.717) is 34.4 Å². The van der Waals surface area contributed by atoms with Crippen molar-refractivity contribution in [2.45, 2.75) is 27.7 Å². The molecule has 8 nitrogen and oxygen atoms in total. The van der Waals surface area contributed by atoms with Gasteiger partial charge < -0.3 is 9.47 Å². The van der Waals surface area contributed by atoms with Crippen molar-refractivity contribution in [2.24, 2.45) is 0 Å². The Labute approximate surface area is 197 Å². The maximum absolute atomic E-state index is 11.7. The van der Waals surface area contributed by atoms with Gasteiger partial charge >= 0.3 is 0 Å². The number of hydrogen-bond donors (Lipinski definition) is 0. The van der Waals surface area contributed by atoms with Gasteiger partial charge in [-0.3, -0.25) is 29.0 Å². The minimum atomic E-state index is -0.366. The quantitative estimate of drug-likeness (QED) is 0.510. The third-order valence-corrected chi connectivity index (χ3v) is 4.73. The van der Waals surface area contributed by atoms with Gasteiger partial charge in [0.05, 0.1) is 11.4 Å². The molecule has 174 valence electrons. The Bertz CT molecular complexity index is 1100. The summed E-state index contributed by atoms with van der Waals surface area (Å²) in [6.45, 7) is 5.31. The van der Waals surface area contributed by atoms with Crippen molar-refractivity contribution >= 4 is 35.0 Å². The van der Waals surface area contributed by atoms with E-state index in [1.165, 1.54) is 27.7 Å². The highest BCUT2D eigenvalue weighted by atomic mass is 16.5. The summed E-state index contributed by atoms with van der Waals surface area (Å²) in [6.07, 6.45) is 0. The summed E-state index contributed by atoms with van der Waals surface area (Å²) in [5.74, 6) is 0.622. The predicted molar refractivity (Wildman–Crippen MR) is 127 cm³/mol. The zero-order valence-electron chi connectivity index (χ0n) is 19.3. The Hall–Kier alpha value is -4.46. The maximum atomic E-state index is 11.7.